The summed E-state index contributed by atoms with van der Waals surface area (Å²) in [6.07, 6.45) is 4.36. The van der Waals surface area contributed by atoms with Gasteiger partial charge in [-0.1, -0.05) is 40.2 Å². The molecule has 0 unspecified atom stereocenters. The molecule has 0 heterocycles. The van der Waals surface area contributed by atoms with Crippen molar-refractivity contribution in [2.45, 2.75) is 13.8 Å². The molecule has 0 saturated carbocycles. The molecule has 0 N–H and O–H groups in total. The van der Waals surface area contributed by atoms with Crippen molar-refractivity contribution in [1.29, 1.82) is 0 Å². The van der Waals surface area contributed by atoms with Crippen molar-refractivity contribution < 1.29 is 47.6 Å². The molecule has 0 bridgehead atoms. The van der Waals surface area contributed by atoms with Crippen LogP contribution in [0.1, 0.15) is 13.8 Å². The zero-order chi connectivity index (χ0) is 25.5. The summed E-state index contributed by atoms with van der Waals surface area (Å²) in [6, 6.07) is 0. The number of esters is 4. The first-order valence-corrected chi connectivity index (χ1v) is 9.94. The Kier molecular flexibility index (Phi) is 20.0. The molecule has 0 aliphatic heterocycles. The highest BCUT2D eigenvalue weighted by atomic mass is 16.6. The van der Waals surface area contributed by atoms with E-state index in [1.54, 1.807) is 0 Å². The fraction of sp³-hybridized carbons (Fsp3) is 0.478. The Hall–Kier alpha value is -3.24. The van der Waals surface area contributed by atoms with Crippen LogP contribution >= 0.6 is 0 Å². The van der Waals surface area contributed by atoms with Gasteiger partial charge in [0.25, 0.3) is 0 Å². The highest BCUT2D eigenvalue weighted by Gasteiger charge is 2.21. The second-order valence-corrected chi connectivity index (χ2v) is 6.76. The van der Waals surface area contributed by atoms with E-state index >= 15 is 0 Å². The minimum atomic E-state index is -0.488. The van der Waals surface area contributed by atoms with Gasteiger partial charge in [0.05, 0.1) is 39.6 Å². The van der Waals surface area contributed by atoms with Crippen LogP contribution < -0.4 is 0 Å². The summed E-state index contributed by atoms with van der Waals surface area (Å²) in [6.45, 7) is 18.8. The summed E-state index contributed by atoms with van der Waals surface area (Å²) in [7, 11) is 0. The van der Waals surface area contributed by atoms with Crippen LogP contribution in [-0.4, -0.2) is 76.7 Å². The van der Waals surface area contributed by atoms with E-state index in [-0.39, 0.29) is 26.4 Å². The predicted molar refractivity (Wildman–Crippen MR) is 120 cm³/mol. The van der Waals surface area contributed by atoms with E-state index < -0.39 is 29.3 Å². The Balaban J connectivity index is 0. The molecule has 0 amide bonds. The second kappa shape index (κ2) is 20.7. The van der Waals surface area contributed by atoms with Gasteiger partial charge in [-0.2, -0.15) is 0 Å². The van der Waals surface area contributed by atoms with Crippen molar-refractivity contribution in [3.05, 3.63) is 50.6 Å². The average molecular weight is 471 g/mol. The average Bonchev–Trinajstić information content (AvgIpc) is 2.82. The molecule has 0 saturated heterocycles. The number of carbonyl (C=O) groups is 4. The Morgan fingerprint density at radius 3 is 1.12 bits per heavy atom. The standard InChI is InChI=1S/C12H18O6.C11H16O4/c1-3-11(13)17-9-7-15-5-6-16-8-10-18-12(14)4-2;1-5-9(12)14-7-11(3,4)8-15-10(13)6-2/h3-4H,1-2,5-10H2;5-6H,1-2,7-8H2,3-4H3. The molecule has 0 radical (unpaired) electrons. The largest absolute Gasteiger partial charge is 0.462 e. The fourth-order valence-corrected chi connectivity index (χ4v) is 1.53. The van der Waals surface area contributed by atoms with Gasteiger partial charge in [0.2, 0.25) is 0 Å². The van der Waals surface area contributed by atoms with Crippen LogP contribution in [0.3, 0.4) is 0 Å². The molecule has 0 rings (SSSR count). The van der Waals surface area contributed by atoms with Gasteiger partial charge in [-0.25, -0.2) is 19.2 Å². The summed E-state index contributed by atoms with van der Waals surface area (Å²) in [5.41, 5.74) is -0.419. The lowest BCUT2D eigenvalue weighted by Crippen LogP contribution is -2.27. The molecule has 0 aromatic heterocycles. The van der Waals surface area contributed by atoms with Crippen LogP contribution in [0.25, 0.3) is 0 Å². The monoisotopic (exact) mass is 470 g/mol. The molecule has 0 aliphatic carbocycles. The third-order valence-electron chi connectivity index (χ3n) is 3.19. The smallest absolute Gasteiger partial charge is 0.330 e. The van der Waals surface area contributed by atoms with E-state index in [1.165, 1.54) is 0 Å². The Morgan fingerprint density at radius 2 is 0.818 bits per heavy atom. The van der Waals surface area contributed by atoms with E-state index in [4.69, 9.17) is 18.9 Å². The number of carbonyl (C=O) groups excluding carboxylic acids is 4. The molecule has 10 nitrogen and oxygen atoms in total. The summed E-state index contributed by atoms with van der Waals surface area (Å²) >= 11 is 0. The molecular formula is C23H34O10. The number of hydrogen-bond donors (Lipinski definition) is 0. The first kappa shape index (κ1) is 31.9. The SMILES string of the molecule is C=CC(=O)OCC(C)(C)COC(=O)C=C.C=CC(=O)OCCOCCOCCOC(=O)C=C. The van der Waals surface area contributed by atoms with Gasteiger partial charge in [0.15, 0.2) is 0 Å². The zero-order valence-electron chi connectivity index (χ0n) is 19.4. The number of rotatable bonds is 17. The van der Waals surface area contributed by atoms with Crippen LogP contribution in [0.4, 0.5) is 0 Å². The summed E-state index contributed by atoms with van der Waals surface area (Å²) in [4.78, 5) is 42.8. The Morgan fingerprint density at radius 1 is 0.545 bits per heavy atom. The van der Waals surface area contributed by atoms with Gasteiger partial charge in [-0.05, 0) is 0 Å². The molecule has 0 aromatic carbocycles. The summed E-state index contributed by atoms with van der Waals surface area (Å²) < 4.78 is 29.3. The molecule has 0 aliphatic rings. The minimum Gasteiger partial charge on any atom is -0.462 e. The van der Waals surface area contributed by atoms with Crippen LogP contribution in [0.2, 0.25) is 0 Å². The van der Waals surface area contributed by atoms with Crippen molar-refractivity contribution in [2.24, 2.45) is 5.41 Å². The zero-order valence-corrected chi connectivity index (χ0v) is 19.4. The number of hydrogen-bond acceptors (Lipinski definition) is 10. The second-order valence-electron chi connectivity index (χ2n) is 6.76. The molecule has 10 heteroatoms. The van der Waals surface area contributed by atoms with E-state index in [0.717, 1.165) is 24.3 Å². The molecule has 186 valence electrons. The van der Waals surface area contributed by atoms with Gasteiger partial charge in [-0.15, -0.1) is 0 Å². The highest BCUT2D eigenvalue weighted by Crippen LogP contribution is 2.16. The fourth-order valence-electron chi connectivity index (χ4n) is 1.53. The lowest BCUT2D eigenvalue weighted by molar-refractivity contribution is -0.146. The van der Waals surface area contributed by atoms with Crippen molar-refractivity contribution in [3.63, 3.8) is 0 Å². The normalized spacial score (nSPS) is 9.88. The Labute approximate surface area is 194 Å². The maximum atomic E-state index is 10.8. The van der Waals surface area contributed by atoms with E-state index in [9.17, 15) is 19.2 Å². The van der Waals surface area contributed by atoms with E-state index in [1.807, 2.05) is 13.8 Å². The lowest BCUT2D eigenvalue weighted by atomic mass is 9.96. The molecular weight excluding hydrogens is 436 g/mol. The van der Waals surface area contributed by atoms with Crippen molar-refractivity contribution >= 4 is 23.9 Å². The quantitative estimate of drug-likeness (QED) is 0.135. The maximum absolute atomic E-state index is 10.8. The van der Waals surface area contributed by atoms with Crippen molar-refractivity contribution in [3.8, 4) is 0 Å². The lowest BCUT2D eigenvalue weighted by Gasteiger charge is -2.22. The third-order valence-corrected chi connectivity index (χ3v) is 3.19. The molecule has 33 heavy (non-hydrogen) atoms. The van der Waals surface area contributed by atoms with Gasteiger partial charge in [-0.3, -0.25) is 0 Å². The molecule has 0 atom stereocenters. The van der Waals surface area contributed by atoms with Crippen molar-refractivity contribution in [2.75, 3.05) is 52.9 Å². The van der Waals surface area contributed by atoms with Crippen LogP contribution in [0, 0.1) is 5.41 Å². The molecule has 0 spiro atoms. The van der Waals surface area contributed by atoms with E-state index in [2.05, 4.69) is 35.8 Å². The van der Waals surface area contributed by atoms with Crippen molar-refractivity contribution in [1.82, 2.24) is 0 Å². The molecule has 0 aromatic rings. The minimum absolute atomic E-state index is 0.169. The van der Waals surface area contributed by atoms with Crippen LogP contribution in [-0.2, 0) is 47.6 Å². The Bertz CT molecular complexity index is 598. The maximum Gasteiger partial charge on any atom is 0.330 e. The first-order chi connectivity index (χ1) is 15.6. The third kappa shape index (κ3) is 23.3. The van der Waals surface area contributed by atoms with Gasteiger partial charge in [0, 0.05) is 29.7 Å². The van der Waals surface area contributed by atoms with Crippen LogP contribution in [0.15, 0.2) is 50.6 Å². The van der Waals surface area contributed by atoms with Gasteiger partial charge < -0.3 is 28.4 Å². The molecule has 0 fully saturated rings. The van der Waals surface area contributed by atoms with Gasteiger partial charge >= 0.3 is 23.9 Å². The topological polar surface area (TPSA) is 124 Å². The highest BCUT2D eigenvalue weighted by molar-refractivity contribution is 5.82. The summed E-state index contributed by atoms with van der Waals surface area (Å²) in [5.74, 6) is -1.92. The predicted octanol–water partition coefficient (Wildman–Crippen LogP) is 1.95. The summed E-state index contributed by atoms with van der Waals surface area (Å²) in [5, 5.41) is 0. The van der Waals surface area contributed by atoms with Gasteiger partial charge in [0.1, 0.15) is 13.2 Å². The van der Waals surface area contributed by atoms with Crippen LogP contribution in [0.5, 0.6) is 0 Å². The first-order valence-electron chi connectivity index (χ1n) is 9.94. The number of ether oxygens (including phenoxy) is 6. The van der Waals surface area contributed by atoms with E-state index in [0.29, 0.717) is 26.4 Å².